The topological polar surface area (TPSA) is 59.4 Å². The molecule has 0 bridgehead atoms. The summed E-state index contributed by atoms with van der Waals surface area (Å²) in [5.41, 5.74) is 1.79. The molecule has 1 fully saturated rings. The van der Waals surface area contributed by atoms with Gasteiger partial charge in [-0.3, -0.25) is 9.48 Å². The monoisotopic (exact) mass is 378 g/mol. The average Bonchev–Trinajstić information content (AvgIpc) is 3.11. The lowest BCUT2D eigenvalue weighted by molar-refractivity contribution is 0.0691. The second-order valence-electron chi connectivity index (χ2n) is 6.57. The SMILES string of the molecule is CNCC1CCN(C(=O)c2cnn(Cc3ccc(OC)cc3)c2)CC1.Cl. The molecule has 1 amide bonds. The summed E-state index contributed by atoms with van der Waals surface area (Å²) in [6.45, 7) is 3.33. The molecule has 1 N–H and O–H groups in total. The van der Waals surface area contributed by atoms with Crippen LogP contribution in [0.5, 0.6) is 5.75 Å². The molecule has 142 valence electrons. The van der Waals surface area contributed by atoms with Crippen molar-refractivity contribution in [3.8, 4) is 5.75 Å². The Morgan fingerprint density at radius 2 is 1.96 bits per heavy atom. The second-order valence-corrected chi connectivity index (χ2v) is 6.57. The first-order valence-electron chi connectivity index (χ1n) is 8.79. The third-order valence-electron chi connectivity index (χ3n) is 4.78. The van der Waals surface area contributed by atoms with E-state index in [1.54, 1.807) is 13.3 Å². The number of hydrogen-bond acceptors (Lipinski definition) is 4. The van der Waals surface area contributed by atoms with Gasteiger partial charge in [-0.1, -0.05) is 12.1 Å². The van der Waals surface area contributed by atoms with Gasteiger partial charge in [0.1, 0.15) is 5.75 Å². The predicted octanol–water partition coefficient (Wildman–Crippen LogP) is 2.43. The number of methoxy groups -OCH3 is 1. The Kier molecular flexibility index (Phi) is 7.48. The zero-order valence-corrected chi connectivity index (χ0v) is 16.2. The van der Waals surface area contributed by atoms with Crippen molar-refractivity contribution in [3.05, 3.63) is 47.8 Å². The Morgan fingerprint density at radius 1 is 1.27 bits per heavy atom. The molecule has 0 atom stereocenters. The van der Waals surface area contributed by atoms with Crippen molar-refractivity contribution in [2.45, 2.75) is 19.4 Å². The van der Waals surface area contributed by atoms with E-state index in [2.05, 4.69) is 10.4 Å². The first-order valence-corrected chi connectivity index (χ1v) is 8.79. The molecule has 1 aromatic heterocycles. The van der Waals surface area contributed by atoms with Crippen molar-refractivity contribution in [3.63, 3.8) is 0 Å². The maximum Gasteiger partial charge on any atom is 0.257 e. The van der Waals surface area contributed by atoms with E-state index in [9.17, 15) is 4.79 Å². The standard InChI is InChI=1S/C19H26N4O2.ClH/c1-20-11-15-7-9-22(10-8-15)19(24)17-12-21-23(14-17)13-16-3-5-18(25-2)6-4-16;/h3-6,12,14-15,20H,7-11,13H2,1-2H3;1H. The van der Waals surface area contributed by atoms with Crippen LogP contribution in [0.3, 0.4) is 0 Å². The van der Waals surface area contributed by atoms with Gasteiger partial charge in [-0.05, 0) is 50.0 Å². The van der Waals surface area contributed by atoms with Crippen molar-refractivity contribution in [2.75, 3.05) is 33.8 Å². The molecule has 1 aliphatic heterocycles. The van der Waals surface area contributed by atoms with Crippen LogP contribution in [0, 0.1) is 5.92 Å². The fraction of sp³-hybridized carbons (Fsp3) is 0.474. The number of amides is 1. The van der Waals surface area contributed by atoms with E-state index in [4.69, 9.17) is 4.74 Å². The van der Waals surface area contributed by atoms with E-state index in [1.807, 2.05) is 47.1 Å². The van der Waals surface area contributed by atoms with Crippen LogP contribution in [0.1, 0.15) is 28.8 Å². The number of piperidine rings is 1. The third kappa shape index (κ3) is 4.99. The van der Waals surface area contributed by atoms with Gasteiger partial charge in [0, 0.05) is 19.3 Å². The normalized spacial score (nSPS) is 14.8. The van der Waals surface area contributed by atoms with Gasteiger partial charge in [0.2, 0.25) is 0 Å². The molecule has 6 nitrogen and oxygen atoms in total. The van der Waals surface area contributed by atoms with Crippen LogP contribution in [0.4, 0.5) is 0 Å². The zero-order chi connectivity index (χ0) is 17.6. The van der Waals surface area contributed by atoms with Crippen LogP contribution < -0.4 is 10.1 Å². The third-order valence-corrected chi connectivity index (χ3v) is 4.78. The van der Waals surface area contributed by atoms with Gasteiger partial charge in [-0.2, -0.15) is 5.10 Å². The molecule has 7 heteroatoms. The van der Waals surface area contributed by atoms with Crippen molar-refractivity contribution >= 4 is 18.3 Å². The molecule has 1 aromatic carbocycles. The summed E-state index contributed by atoms with van der Waals surface area (Å²) >= 11 is 0. The fourth-order valence-electron chi connectivity index (χ4n) is 3.29. The molecule has 0 unspecified atom stereocenters. The molecule has 2 heterocycles. The number of carbonyl (C=O) groups is 1. The van der Waals surface area contributed by atoms with E-state index in [1.165, 1.54) is 0 Å². The van der Waals surface area contributed by atoms with E-state index >= 15 is 0 Å². The largest absolute Gasteiger partial charge is 0.497 e. The Balaban J connectivity index is 0.00000243. The molecule has 1 saturated heterocycles. The lowest BCUT2D eigenvalue weighted by Gasteiger charge is -2.31. The summed E-state index contributed by atoms with van der Waals surface area (Å²) in [5, 5.41) is 7.56. The Labute approximate surface area is 160 Å². The van der Waals surface area contributed by atoms with Crippen LogP contribution in [-0.2, 0) is 6.54 Å². The van der Waals surface area contributed by atoms with Gasteiger partial charge in [0.25, 0.3) is 5.91 Å². The maximum atomic E-state index is 12.7. The van der Waals surface area contributed by atoms with Gasteiger partial charge < -0.3 is 15.0 Å². The van der Waals surface area contributed by atoms with E-state index < -0.39 is 0 Å². The molecule has 1 aliphatic rings. The number of ether oxygens (including phenoxy) is 1. The minimum absolute atomic E-state index is 0. The predicted molar refractivity (Wildman–Crippen MR) is 104 cm³/mol. The van der Waals surface area contributed by atoms with Gasteiger partial charge in [-0.25, -0.2) is 0 Å². The number of nitrogens with zero attached hydrogens (tertiary/aromatic N) is 3. The van der Waals surface area contributed by atoms with Crippen molar-refractivity contribution in [2.24, 2.45) is 5.92 Å². The van der Waals surface area contributed by atoms with Crippen LogP contribution in [0.25, 0.3) is 0 Å². The maximum absolute atomic E-state index is 12.7. The number of halogens is 1. The zero-order valence-electron chi connectivity index (χ0n) is 15.4. The minimum atomic E-state index is 0. The number of rotatable bonds is 6. The minimum Gasteiger partial charge on any atom is -0.497 e. The number of hydrogen-bond donors (Lipinski definition) is 1. The van der Waals surface area contributed by atoms with Crippen LogP contribution in [0.15, 0.2) is 36.7 Å². The van der Waals surface area contributed by atoms with Gasteiger partial charge in [0.05, 0.1) is 25.4 Å². The summed E-state index contributed by atoms with van der Waals surface area (Å²) in [7, 11) is 3.64. The lowest BCUT2D eigenvalue weighted by Crippen LogP contribution is -2.40. The molecule has 3 rings (SSSR count). The van der Waals surface area contributed by atoms with E-state index in [0.29, 0.717) is 18.0 Å². The Bertz CT molecular complexity index is 694. The van der Waals surface area contributed by atoms with Gasteiger partial charge >= 0.3 is 0 Å². The van der Waals surface area contributed by atoms with Crippen LogP contribution in [0.2, 0.25) is 0 Å². The Morgan fingerprint density at radius 3 is 2.58 bits per heavy atom. The molecule has 0 radical (unpaired) electrons. The van der Waals surface area contributed by atoms with Crippen LogP contribution in [-0.4, -0.2) is 54.4 Å². The second kappa shape index (κ2) is 9.59. The van der Waals surface area contributed by atoms with Crippen LogP contribution >= 0.6 is 12.4 Å². The van der Waals surface area contributed by atoms with E-state index in [0.717, 1.165) is 43.8 Å². The van der Waals surface area contributed by atoms with Crippen molar-refractivity contribution < 1.29 is 9.53 Å². The summed E-state index contributed by atoms with van der Waals surface area (Å²) in [4.78, 5) is 14.6. The summed E-state index contributed by atoms with van der Waals surface area (Å²) in [6, 6.07) is 7.88. The molecular formula is C19H27ClN4O2. The molecule has 0 spiro atoms. The van der Waals surface area contributed by atoms with E-state index in [-0.39, 0.29) is 18.3 Å². The lowest BCUT2D eigenvalue weighted by atomic mass is 9.96. The number of nitrogens with one attached hydrogen (secondary N) is 1. The molecule has 0 aliphatic carbocycles. The highest BCUT2D eigenvalue weighted by Crippen LogP contribution is 2.18. The highest BCUT2D eigenvalue weighted by Gasteiger charge is 2.24. The molecule has 2 aromatic rings. The summed E-state index contributed by atoms with van der Waals surface area (Å²) in [6.07, 6.45) is 5.64. The van der Waals surface area contributed by atoms with Crippen molar-refractivity contribution in [1.82, 2.24) is 20.0 Å². The quantitative estimate of drug-likeness (QED) is 0.838. The van der Waals surface area contributed by atoms with Gasteiger partial charge in [-0.15, -0.1) is 12.4 Å². The van der Waals surface area contributed by atoms with Crippen molar-refractivity contribution in [1.29, 1.82) is 0 Å². The first-order chi connectivity index (χ1) is 12.2. The molecular weight excluding hydrogens is 352 g/mol. The average molecular weight is 379 g/mol. The summed E-state index contributed by atoms with van der Waals surface area (Å²) in [5.74, 6) is 1.59. The first kappa shape index (κ1) is 20.3. The molecule has 26 heavy (non-hydrogen) atoms. The van der Waals surface area contributed by atoms with Gasteiger partial charge in [0.15, 0.2) is 0 Å². The number of benzene rings is 1. The summed E-state index contributed by atoms with van der Waals surface area (Å²) < 4.78 is 6.98. The number of likely N-dealkylation sites (tertiary alicyclic amines) is 1. The molecule has 0 saturated carbocycles. The Hall–Kier alpha value is -2.05. The highest BCUT2D eigenvalue weighted by molar-refractivity contribution is 5.93. The smallest absolute Gasteiger partial charge is 0.257 e. The highest BCUT2D eigenvalue weighted by atomic mass is 35.5. The number of carbonyl (C=O) groups excluding carboxylic acids is 1. The fourth-order valence-corrected chi connectivity index (χ4v) is 3.29. The number of aromatic nitrogens is 2.